The smallest absolute Gasteiger partial charge is 0.242 e. The predicted molar refractivity (Wildman–Crippen MR) is 122 cm³/mol. The summed E-state index contributed by atoms with van der Waals surface area (Å²) in [6.45, 7) is 1.88. The van der Waals surface area contributed by atoms with Gasteiger partial charge in [0.2, 0.25) is 5.91 Å². The number of benzene rings is 1. The van der Waals surface area contributed by atoms with Crippen LogP contribution >= 0.6 is 22.7 Å². The number of carbonyl (C=O) groups is 1. The van der Waals surface area contributed by atoms with Gasteiger partial charge in [0.1, 0.15) is 0 Å². The Hall–Kier alpha value is -3.03. The number of para-hydroxylation sites is 1. The number of amides is 1. The van der Waals surface area contributed by atoms with Crippen LogP contribution in [0.5, 0.6) is 0 Å². The first-order valence-electron chi connectivity index (χ1n) is 9.84. The van der Waals surface area contributed by atoms with Crippen molar-refractivity contribution in [3.05, 3.63) is 81.3 Å². The van der Waals surface area contributed by atoms with Crippen molar-refractivity contribution in [2.75, 3.05) is 0 Å². The average Bonchev–Trinajstić information content (AvgIpc) is 3.57. The van der Waals surface area contributed by atoms with Crippen molar-refractivity contribution in [1.82, 2.24) is 14.8 Å². The van der Waals surface area contributed by atoms with E-state index in [-0.39, 0.29) is 11.9 Å². The molecule has 0 N–H and O–H groups in total. The number of thiophene rings is 2. The second-order valence-electron chi connectivity index (χ2n) is 7.10. The van der Waals surface area contributed by atoms with Gasteiger partial charge in [0.25, 0.3) is 0 Å². The molecule has 0 bridgehead atoms. The molecule has 0 radical (unpaired) electrons. The standard InChI is InChI=1S/C23H20N4OS2/c1-2-22(28)27-21(12-20(24-27)16-8-10-29-14-16)19-13-26(18-6-4-3-5-7-18)25-23(19)17-9-11-30-15-17/h3-11,13-15,21H,2,12H2,1H3. The second kappa shape index (κ2) is 8.01. The van der Waals surface area contributed by atoms with Gasteiger partial charge in [0.05, 0.1) is 23.1 Å². The van der Waals surface area contributed by atoms with Gasteiger partial charge in [-0.3, -0.25) is 4.79 Å². The summed E-state index contributed by atoms with van der Waals surface area (Å²) in [5.41, 5.74) is 6.02. The van der Waals surface area contributed by atoms with Gasteiger partial charge in [0, 0.05) is 41.1 Å². The lowest BCUT2D eigenvalue weighted by Gasteiger charge is -2.21. The molecule has 0 saturated heterocycles. The topological polar surface area (TPSA) is 50.5 Å². The van der Waals surface area contributed by atoms with Crippen molar-refractivity contribution in [2.24, 2.45) is 5.10 Å². The first-order valence-corrected chi connectivity index (χ1v) is 11.7. The molecule has 1 aliphatic rings. The van der Waals surface area contributed by atoms with Crippen LogP contribution in [0.2, 0.25) is 0 Å². The van der Waals surface area contributed by atoms with E-state index in [2.05, 4.69) is 34.5 Å². The molecule has 4 aromatic rings. The quantitative estimate of drug-likeness (QED) is 0.403. The SMILES string of the molecule is CCC(=O)N1N=C(c2ccsc2)CC1c1cn(-c2ccccc2)nc1-c1ccsc1. The molecule has 1 amide bonds. The van der Waals surface area contributed by atoms with Crippen LogP contribution in [0.15, 0.2) is 75.3 Å². The van der Waals surface area contributed by atoms with Gasteiger partial charge in [-0.1, -0.05) is 25.1 Å². The molecule has 0 saturated carbocycles. The van der Waals surface area contributed by atoms with E-state index in [0.717, 1.165) is 33.8 Å². The van der Waals surface area contributed by atoms with Crippen molar-refractivity contribution in [3.63, 3.8) is 0 Å². The summed E-state index contributed by atoms with van der Waals surface area (Å²) in [4.78, 5) is 12.8. The van der Waals surface area contributed by atoms with E-state index >= 15 is 0 Å². The Morgan fingerprint density at radius 3 is 2.47 bits per heavy atom. The number of aromatic nitrogens is 2. The van der Waals surface area contributed by atoms with Crippen molar-refractivity contribution >= 4 is 34.3 Å². The zero-order chi connectivity index (χ0) is 20.5. The number of carbonyl (C=O) groups excluding carboxylic acids is 1. The molecule has 1 aliphatic heterocycles. The minimum absolute atomic E-state index is 0.0222. The third-order valence-corrected chi connectivity index (χ3v) is 6.61. The van der Waals surface area contributed by atoms with Gasteiger partial charge in [-0.15, -0.1) is 0 Å². The number of hydrogen-bond donors (Lipinski definition) is 0. The van der Waals surface area contributed by atoms with Crippen LogP contribution in [-0.4, -0.2) is 26.4 Å². The Bertz CT molecular complexity index is 1180. The lowest BCUT2D eigenvalue weighted by molar-refractivity contribution is -0.132. The zero-order valence-corrected chi connectivity index (χ0v) is 18.1. The Labute approximate surface area is 182 Å². The summed E-state index contributed by atoms with van der Waals surface area (Å²) < 4.78 is 1.90. The van der Waals surface area contributed by atoms with E-state index in [1.54, 1.807) is 27.7 Å². The monoisotopic (exact) mass is 432 g/mol. The van der Waals surface area contributed by atoms with E-state index in [0.29, 0.717) is 12.8 Å². The molecular weight excluding hydrogens is 412 g/mol. The number of nitrogens with zero attached hydrogens (tertiary/aromatic N) is 4. The predicted octanol–water partition coefficient (Wildman–Crippen LogP) is 5.75. The van der Waals surface area contributed by atoms with Gasteiger partial charge in [0.15, 0.2) is 0 Å². The third-order valence-electron chi connectivity index (χ3n) is 5.24. The van der Waals surface area contributed by atoms with Gasteiger partial charge in [-0.2, -0.15) is 32.9 Å². The molecule has 0 aliphatic carbocycles. The molecule has 5 rings (SSSR count). The fourth-order valence-corrected chi connectivity index (χ4v) is 5.02. The van der Waals surface area contributed by atoms with E-state index in [9.17, 15) is 4.79 Å². The maximum absolute atomic E-state index is 12.8. The largest absolute Gasteiger partial charge is 0.273 e. The minimum Gasteiger partial charge on any atom is -0.273 e. The maximum atomic E-state index is 12.8. The summed E-state index contributed by atoms with van der Waals surface area (Å²) in [5, 5.41) is 19.6. The molecule has 30 heavy (non-hydrogen) atoms. The molecule has 150 valence electrons. The highest BCUT2D eigenvalue weighted by Gasteiger charge is 2.35. The number of hydrogen-bond acceptors (Lipinski definition) is 5. The Kier molecular flexibility index (Phi) is 5.06. The molecule has 0 fully saturated rings. The van der Waals surface area contributed by atoms with Crippen molar-refractivity contribution in [1.29, 1.82) is 0 Å². The van der Waals surface area contributed by atoms with E-state index in [1.165, 1.54) is 0 Å². The van der Waals surface area contributed by atoms with E-state index < -0.39 is 0 Å². The van der Waals surface area contributed by atoms with Crippen LogP contribution in [0.1, 0.15) is 36.9 Å². The minimum atomic E-state index is -0.167. The maximum Gasteiger partial charge on any atom is 0.242 e. The summed E-state index contributed by atoms with van der Waals surface area (Å²) in [7, 11) is 0. The zero-order valence-electron chi connectivity index (χ0n) is 16.4. The highest BCUT2D eigenvalue weighted by Crippen LogP contribution is 2.39. The van der Waals surface area contributed by atoms with Crippen molar-refractivity contribution < 1.29 is 4.79 Å². The first-order chi connectivity index (χ1) is 14.7. The van der Waals surface area contributed by atoms with Gasteiger partial charge >= 0.3 is 0 Å². The first kappa shape index (κ1) is 19.0. The second-order valence-corrected chi connectivity index (χ2v) is 8.66. The molecular formula is C23H20N4OS2. The average molecular weight is 433 g/mol. The van der Waals surface area contributed by atoms with Crippen molar-refractivity contribution in [3.8, 4) is 16.9 Å². The van der Waals surface area contributed by atoms with E-state index in [4.69, 9.17) is 10.2 Å². The van der Waals surface area contributed by atoms with Crippen LogP contribution in [-0.2, 0) is 4.79 Å². The van der Waals surface area contributed by atoms with Crippen LogP contribution in [0.25, 0.3) is 16.9 Å². The van der Waals surface area contributed by atoms with Gasteiger partial charge < -0.3 is 0 Å². The molecule has 1 atom stereocenters. The summed E-state index contributed by atoms with van der Waals surface area (Å²) in [6.07, 6.45) is 3.15. The molecule has 7 heteroatoms. The normalized spacial score (nSPS) is 16.1. The molecule has 0 spiro atoms. The van der Waals surface area contributed by atoms with Gasteiger partial charge in [-0.25, -0.2) is 9.69 Å². The van der Waals surface area contributed by atoms with Crippen LogP contribution in [0, 0.1) is 0 Å². The summed E-state index contributed by atoms with van der Waals surface area (Å²) in [5.74, 6) is 0.0222. The van der Waals surface area contributed by atoms with Crippen LogP contribution < -0.4 is 0 Å². The molecule has 4 heterocycles. The third kappa shape index (κ3) is 3.40. The number of hydrazone groups is 1. The van der Waals surface area contributed by atoms with Crippen LogP contribution in [0.3, 0.4) is 0 Å². The van der Waals surface area contributed by atoms with Crippen LogP contribution in [0.4, 0.5) is 0 Å². The fourth-order valence-electron chi connectivity index (χ4n) is 3.72. The van der Waals surface area contributed by atoms with Crippen molar-refractivity contribution in [2.45, 2.75) is 25.8 Å². The van der Waals surface area contributed by atoms with E-state index in [1.807, 2.05) is 47.3 Å². The molecule has 1 unspecified atom stereocenters. The fraction of sp³-hybridized carbons (Fsp3) is 0.174. The molecule has 3 aromatic heterocycles. The molecule has 1 aromatic carbocycles. The molecule has 5 nitrogen and oxygen atoms in total. The summed E-state index contributed by atoms with van der Waals surface area (Å²) in [6, 6.07) is 14.0. The Morgan fingerprint density at radius 2 is 1.80 bits per heavy atom. The van der Waals surface area contributed by atoms with Gasteiger partial charge in [-0.05, 0) is 40.4 Å². The lowest BCUT2D eigenvalue weighted by atomic mass is 9.98. The highest BCUT2D eigenvalue weighted by molar-refractivity contribution is 7.08. The Morgan fingerprint density at radius 1 is 1.07 bits per heavy atom. The highest BCUT2D eigenvalue weighted by atomic mass is 32.1. The lowest BCUT2D eigenvalue weighted by Crippen LogP contribution is -2.26. The summed E-state index contributed by atoms with van der Waals surface area (Å²) >= 11 is 3.29. The number of rotatable bonds is 5. The Balaban J connectivity index is 1.61.